The minimum absolute atomic E-state index is 0.177. The minimum Gasteiger partial charge on any atom is -0.493 e. The lowest BCUT2D eigenvalue weighted by Crippen LogP contribution is -2.15. The van der Waals surface area contributed by atoms with E-state index in [1.807, 2.05) is 0 Å². The van der Waals surface area contributed by atoms with Crippen LogP contribution in [0.3, 0.4) is 0 Å². The van der Waals surface area contributed by atoms with E-state index in [4.69, 9.17) is 31.5 Å². The minimum atomic E-state index is -0.439. The number of halogens is 1. The average molecular weight is 338 g/mol. The Morgan fingerprint density at radius 1 is 1.13 bits per heavy atom. The summed E-state index contributed by atoms with van der Waals surface area (Å²) in [7, 11) is 4.42. The number of carbonyl (C=O) groups is 1. The zero-order chi connectivity index (χ0) is 17.0. The molecular weight excluding hydrogens is 322 g/mol. The molecule has 1 aromatic carbocycles. The summed E-state index contributed by atoms with van der Waals surface area (Å²) in [6.45, 7) is 0. The number of nitrogen functional groups attached to an aromatic ring is 1. The molecule has 0 aliphatic carbocycles. The van der Waals surface area contributed by atoms with Gasteiger partial charge in [0.25, 0.3) is 5.91 Å². The van der Waals surface area contributed by atoms with Crippen molar-refractivity contribution in [2.45, 2.75) is 0 Å². The molecule has 23 heavy (non-hydrogen) atoms. The molecule has 0 saturated heterocycles. The number of benzene rings is 1. The van der Waals surface area contributed by atoms with E-state index >= 15 is 0 Å². The number of aromatic nitrogens is 1. The van der Waals surface area contributed by atoms with Crippen LogP contribution in [-0.2, 0) is 0 Å². The molecule has 0 spiro atoms. The molecule has 0 radical (unpaired) electrons. The molecule has 0 saturated carbocycles. The Morgan fingerprint density at radius 3 is 2.26 bits per heavy atom. The van der Waals surface area contributed by atoms with Crippen LogP contribution in [-0.4, -0.2) is 32.2 Å². The highest BCUT2D eigenvalue weighted by Crippen LogP contribution is 2.38. The monoisotopic (exact) mass is 337 g/mol. The van der Waals surface area contributed by atoms with Gasteiger partial charge in [-0.1, -0.05) is 11.6 Å². The second-order valence-electron chi connectivity index (χ2n) is 4.44. The van der Waals surface area contributed by atoms with Crippen molar-refractivity contribution in [1.29, 1.82) is 0 Å². The van der Waals surface area contributed by atoms with E-state index in [0.29, 0.717) is 28.5 Å². The van der Waals surface area contributed by atoms with Gasteiger partial charge in [-0.15, -0.1) is 0 Å². The van der Waals surface area contributed by atoms with Crippen LogP contribution in [0.25, 0.3) is 0 Å². The van der Waals surface area contributed by atoms with Gasteiger partial charge in [-0.25, -0.2) is 4.98 Å². The summed E-state index contributed by atoms with van der Waals surface area (Å²) in [5.74, 6) is 0.863. The third-order valence-electron chi connectivity index (χ3n) is 3.05. The van der Waals surface area contributed by atoms with Crippen molar-refractivity contribution in [3.63, 3.8) is 0 Å². The standard InChI is InChI=1S/C15H16ClN3O4/c1-21-10-6-8(7-11(22-2)13(10)23-3)15(20)19-14-9(17)4-5-12(16)18-14/h4-7H,17H2,1-3H3,(H,18,19,20). The lowest BCUT2D eigenvalue weighted by molar-refractivity contribution is 0.102. The first kappa shape index (κ1) is 16.7. The highest BCUT2D eigenvalue weighted by molar-refractivity contribution is 6.29. The Bertz CT molecular complexity index is 712. The summed E-state index contributed by atoms with van der Waals surface area (Å²) < 4.78 is 15.6. The highest BCUT2D eigenvalue weighted by Gasteiger charge is 2.18. The number of hydrogen-bond donors (Lipinski definition) is 2. The molecular formula is C15H16ClN3O4. The Hall–Kier alpha value is -2.67. The van der Waals surface area contributed by atoms with Gasteiger partial charge in [0.1, 0.15) is 5.15 Å². The highest BCUT2D eigenvalue weighted by atomic mass is 35.5. The van der Waals surface area contributed by atoms with Crippen LogP contribution >= 0.6 is 11.6 Å². The molecule has 7 nitrogen and oxygen atoms in total. The molecule has 0 bridgehead atoms. The van der Waals surface area contributed by atoms with Crippen molar-refractivity contribution in [2.75, 3.05) is 32.4 Å². The van der Waals surface area contributed by atoms with Crippen molar-refractivity contribution < 1.29 is 19.0 Å². The molecule has 0 aliphatic rings. The number of pyridine rings is 1. The summed E-state index contributed by atoms with van der Waals surface area (Å²) in [5.41, 5.74) is 6.36. The molecule has 1 aromatic heterocycles. The van der Waals surface area contributed by atoms with Crippen molar-refractivity contribution in [2.24, 2.45) is 0 Å². The van der Waals surface area contributed by atoms with Gasteiger partial charge < -0.3 is 25.3 Å². The maximum absolute atomic E-state index is 12.4. The first-order valence-electron chi connectivity index (χ1n) is 6.53. The van der Waals surface area contributed by atoms with Crippen LogP contribution in [0.5, 0.6) is 17.2 Å². The average Bonchev–Trinajstić information content (AvgIpc) is 2.56. The number of hydrogen-bond acceptors (Lipinski definition) is 6. The second-order valence-corrected chi connectivity index (χ2v) is 4.83. The fourth-order valence-corrected chi connectivity index (χ4v) is 2.09. The molecule has 1 heterocycles. The lowest BCUT2D eigenvalue weighted by atomic mass is 10.1. The van der Waals surface area contributed by atoms with Gasteiger partial charge in [0, 0.05) is 5.56 Å². The first-order valence-corrected chi connectivity index (χ1v) is 6.91. The molecule has 2 rings (SSSR count). The van der Waals surface area contributed by atoms with Crippen LogP contribution in [0.1, 0.15) is 10.4 Å². The number of carbonyl (C=O) groups excluding carboxylic acids is 1. The topological polar surface area (TPSA) is 95.7 Å². The number of rotatable bonds is 5. The van der Waals surface area contributed by atoms with E-state index in [1.54, 1.807) is 6.07 Å². The Balaban J connectivity index is 2.37. The predicted molar refractivity (Wildman–Crippen MR) is 87.7 cm³/mol. The van der Waals surface area contributed by atoms with E-state index in [9.17, 15) is 4.79 Å². The zero-order valence-corrected chi connectivity index (χ0v) is 13.6. The van der Waals surface area contributed by atoms with Crippen molar-refractivity contribution in [1.82, 2.24) is 4.98 Å². The summed E-state index contributed by atoms with van der Waals surface area (Å²) in [5, 5.41) is 2.82. The predicted octanol–water partition coefficient (Wildman–Crippen LogP) is 2.60. The first-order chi connectivity index (χ1) is 11.0. The molecule has 2 aromatic rings. The van der Waals surface area contributed by atoms with E-state index in [2.05, 4.69) is 10.3 Å². The molecule has 0 fully saturated rings. The number of nitrogens with one attached hydrogen (secondary N) is 1. The van der Waals surface area contributed by atoms with E-state index < -0.39 is 5.91 Å². The number of nitrogens with two attached hydrogens (primary N) is 1. The normalized spacial score (nSPS) is 10.1. The van der Waals surface area contributed by atoms with E-state index in [0.717, 1.165) is 0 Å². The van der Waals surface area contributed by atoms with Crippen LogP contribution in [0.2, 0.25) is 5.15 Å². The molecule has 1 amide bonds. The SMILES string of the molecule is COc1cc(C(=O)Nc2nc(Cl)ccc2N)cc(OC)c1OC. The second kappa shape index (κ2) is 7.06. The van der Waals surface area contributed by atoms with Crippen molar-refractivity contribution in [3.8, 4) is 17.2 Å². The van der Waals surface area contributed by atoms with Gasteiger partial charge >= 0.3 is 0 Å². The smallest absolute Gasteiger partial charge is 0.257 e. The number of amides is 1. The maximum Gasteiger partial charge on any atom is 0.257 e. The third-order valence-corrected chi connectivity index (χ3v) is 3.26. The van der Waals surface area contributed by atoms with Gasteiger partial charge in [-0.3, -0.25) is 4.79 Å². The largest absolute Gasteiger partial charge is 0.493 e. The molecule has 8 heteroatoms. The summed E-state index contributed by atoms with van der Waals surface area (Å²) in [4.78, 5) is 16.4. The van der Waals surface area contributed by atoms with Gasteiger partial charge in [0.2, 0.25) is 5.75 Å². The molecule has 122 valence electrons. The Kier molecular flexibility index (Phi) is 5.13. The van der Waals surface area contributed by atoms with Crippen LogP contribution in [0.4, 0.5) is 11.5 Å². The molecule has 3 N–H and O–H groups in total. The Morgan fingerprint density at radius 2 is 1.74 bits per heavy atom. The fraction of sp³-hybridized carbons (Fsp3) is 0.200. The number of ether oxygens (including phenoxy) is 3. The van der Waals surface area contributed by atoms with Crippen LogP contribution in [0, 0.1) is 0 Å². The summed E-state index contributed by atoms with van der Waals surface area (Å²) >= 11 is 5.81. The van der Waals surface area contributed by atoms with Crippen LogP contribution < -0.4 is 25.3 Å². The third kappa shape index (κ3) is 3.57. The molecule has 0 unspecified atom stereocenters. The number of methoxy groups -OCH3 is 3. The van der Waals surface area contributed by atoms with Crippen molar-refractivity contribution in [3.05, 3.63) is 35.0 Å². The summed E-state index contributed by atoms with van der Waals surface area (Å²) in [6, 6.07) is 6.14. The Labute approximate surface area is 138 Å². The maximum atomic E-state index is 12.4. The quantitative estimate of drug-likeness (QED) is 0.814. The van der Waals surface area contributed by atoms with Crippen LogP contribution in [0.15, 0.2) is 24.3 Å². The van der Waals surface area contributed by atoms with Crippen molar-refractivity contribution >= 4 is 29.0 Å². The van der Waals surface area contributed by atoms with Gasteiger partial charge in [-0.05, 0) is 24.3 Å². The van der Waals surface area contributed by atoms with Gasteiger partial charge in [0.05, 0.1) is 27.0 Å². The van der Waals surface area contributed by atoms with Gasteiger partial charge in [-0.2, -0.15) is 0 Å². The number of nitrogens with zero attached hydrogens (tertiary/aromatic N) is 1. The molecule has 0 atom stereocenters. The summed E-state index contributed by atoms with van der Waals surface area (Å²) in [6.07, 6.45) is 0. The zero-order valence-electron chi connectivity index (χ0n) is 12.8. The molecule has 0 aliphatic heterocycles. The number of anilines is 2. The van der Waals surface area contributed by atoms with E-state index in [1.165, 1.54) is 39.5 Å². The lowest BCUT2D eigenvalue weighted by Gasteiger charge is -2.14. The van der Waals surface area contributed by atoms with E-state index in [-0.39, 0.29) is 11.0 Å². The van der Waals surface area contributed by atoms with Gasteiger partial charge in [0.15, 0.2) is 17.3 Å². The fourth-order valence-electron chi connectivity index (χ4n) is 1.94.